The summed E-state index contributed by atoms with van der Waals surface area (Å²) < 4.78 is 12.4. The molecule has 0 atom stereocenters. The Morgan fingerprint density at radius 3 is 2.56 bits per heavy atom. The summed E-state index contributed by atoms with van der Waals surface area (Å²) in [6.07, 6.45) is 0.219. The minimum absolute atomic E-state index is 0.0249. The van der Waals surface area contributed by atoms with Gasteiger partial charge in [-0.15, -0.1) is 0 Å². The molecule has 2 aromatic heterocycles. The van der Waals surface area contributed by atoms with E-state index in [-0.39, 0.29) is 18.9 Å². The number of oxazole rings is 1. The van der Waals surface area contributed by atoms with Crippen LogP contribution in [0.5, 0.6) is 0 Å². The van der Waals surface area contributed by atoms with Gasteiger partial charge in [-0.3, -0.25) is 9.36 Å². The molecule has 0 bridgehead atoms. The molecule has 0 saturated heterocycles. The molecule has 27 heavy (non-hydrogen) atoms. The molecule has 0 N–H and O–H groups in total. The third-order valence-corrected chi connectivity index (χ3v) is 4.44. The average Bonchev–Trinajstić information content (AvgIpc) is 3.18. The minimum Gasteiger partial charge on any atom is -0.464 e. The maximum Gasteiger partial charge on any atom is 0.419 e. The third-order valence-electron chi connectivity index (χ3n) is 4.44. The maximum atomic E-state index is 12.8. The second-order valence-corrected chi connectivity index (χ2v) is 6.87. The highest BCUT2D eigenvalue weighted by Crippen LogP contribution is 2.14. The van der Waals surface area contributed by atoms with Crippen molar-refractivity contribution in [2.75, 3.05) is 27.2 Å². The molecule has 0 aliphatic heterocycles. The molecule has 0 fully saturated rings. The molecule has 0 saturated carbocycles. The molecule has 0 aliphatic rings. The van der Waals surface area contributed by atoms with Crippen LogP contribution in [0, 0.1) is 6.92 Å². The first kappa shape index (κ1) is 19.0. The largest absolute Gasteiger partial charge is 0.464 e. The Kier molecular flexibility index (Phi) is 5.81. The van der Waals surface area contributed by atoms with Crippen LogP contribution in [0.1, 0.15) is 17.9 Å². The van der Waals surface area contributed by atoms with Crippen molar-refractivity contribution < 1.29 is 13.6 Å². The molecule has 144 valence electrons. The summed E-state index contributed by atoms with van der Waals surface area (Å²) in [4.78, 5) is 28.7. The van der Waals surface area contributed by atoms with Crippen molar-refractivity contribution in [3.63, 3.8) is 0 Å². The quantitative estimate of drug-likeness (QED) is 0.608. The van der Waals surface area contributed by atoms with Crippen molar-refractivity contribution >= 4 is 17.0 Å². The summed E-state index contributed by atoms with van der Waals surface area (Å²) >= 11 is 0. The van der Waals surface area contributed by atoms with Crippen molar-refractivity contribution in [1.29, 1.82) is 0 Å². The highest BCUT2D eigenvalue weighted by atomic mass is 16.4. The van der Waals surface area contributed by atoms with Crippen molar-refractivity contribution in [3.05, 3.63) is 58.5 Å². The zero-order chi connectivity index (χ0) is 19.4. The fraction of sp³-hybridized carbons (Fsp3) is 0.400. The van der Waals surface area contributed by atoms with Gasteiger partial charge >= 0.3 is 5.76 Å². The molecule has 0 radical (unpaired) electrons. The van der Waals surface area contributed by atoms with Crippen LogP contribution in [-0.4, -0.2) is 47.5 Å². The number of fused-ring (bicyclic) bond motifs is 1. The molecule has 0 unspecified atom stereocenters. The molecule has 2 heterocycles. The highest BCUT2D eigenvalue weighted by Gasteiger charge is 2.17. The fourth-order valence-corrected chi connectivity index (χ4v) is 2.96. The van der Waals surface area contributed by atoms with E-state index in [0.717, 1.165) is 18.1 Å². The number of hydrogen-bond acceptors (Lipinski definition) is 5. The zero-order valence-corrected chi connectivity index (χ0v) is 16.0. The minimum atomic E-state index is -0.439. The van der Waals surface area contributed by atoms with E-state index in [0.29, 0.717) is 24.2 Å². The number of hydrogen-bond donors (Lipinski definition) is 0. The molecule has 1 aromatic carbocycles. The molecule has 1 amide bonds. The lowest BCUT2D eigenvalue weighted by molar-refractivity contribution is -0.132. The van der Waals surface area contributed by atoms with Crippen molar-refractivity contribution in [2.24, 2.45) is 0 Å². The lowest BCUT2D eigenvalue weighted by atomic mass is 10.3. The summed E-state index contributed by atoms with van der Waals surface area (Å²) in [6.45, 7) is 3.92. The Balaban J connectivity index is 1.71. The number of aryl methyl sites for hydroxylation is 2. The van der Waals surface area contributed by atoms with Gasteiger partial charge in [-0.2, -0.15) is 0 Å². The third kappa shape index (κ3) is 4.68. The average molecular weight is 371 g/mol. The van der Waals surface area contributed by atoms with Gasteiger partial charge in [0.2, 0.25) is 5.91 Å². The fourth-order valence-electron chi connectivity index (χ4n) is 2.96. The van der Waals surface area contributed by atoms with Gasteiger partial charge in [0, 0.05) is 26.1 Å². The van der Waals surface area contributed by atoms with E-state index < -0.39 is 5.76 Å². The molecular weight excluding hydrogens is 346 g/mol. The Labute approximate surface area is 157 Å². The maximum absolute atomic E-state index is 12.8. The van der Waals surface area contributed by atoms with Crippen LogP contribution in [0.4, 0.5) is 0 Å². The summed E-state index contributed by atoms with van der Waals surface area (Å²) in [5, 5.41) is 0. The monoisotopic (exact) mass is 371 g/mol. The Hall–Kier alpha value is -2.80. The van der Waals surface area contributed by atoms with Crippen molar-refractivity contribution in [2.45, 2.75) is 26.4 Å². The van der Waals surface area contributed by atoms with Gasteiger partial charge in [-0.1, -0.05) is 12.1 Å². The van der Waals surface area contributed by atoms with Crippen LogP contribution in [-0.2, 0) is 17.9 Å². The molecule has 3 aromatic rings. The summed E-state index contributed by atoms with van der Waals surface area (Å²) in [5.74, 6) is 1.11. The second kappa shape index (κ2) is 8.26. The molecule has 0 spiro atoms. The van der Waals surface area contributed by atoms with Crippen LogP contribution in [0.25, 0.3) is 11.1 Å². The number of para-hydroxylation sites is 2. The topological polar surface area (TPSA) is 71.8 Å². The zero-order valence-electron chi connectivity index (χ0n) is 16.0. The number of aromatic nitrogens is 1. The Morgan fingerprint density at radius 2 is 1.85 bits per heavy atom. The Bertz CT molecular complexity index is 967. The molecule has 7 heteroatoms. The van der Waals surface area contributed by atoms with Crippen LogP contribution in [0.3, 0.4) is 0 Å². The number of carbonyl (C=O) groups excluding carboxylic acids is 1. The van der Waals surface area contributed by atoms with Gasteiger partial charge < -0.3 is 18.6 Å². The van der Waals surface area contributed by atoms with Crippen LogP contribution in [0.2, 0.25) is 0 Å². The van der Waals surface area contributed by atoms with E-state index >= 15 is 0 Å². The predicted octanol–water partition coefficient (Wildman–Crippen LogP) is 2.48. The van der Waals surface area contributed by atoms with E-state index in [9.17, 15) is 9.59 Å². The second-order valence-electron chi connectivity index (χ2n) is 6.87. The van der Waals surface area contributed by atoms with Crippen LogP contribution < -0.4 is 5.76 Å². The van der Waals surface area contributed by atoms with Gasteiger partial charge in [0.1, 0.15) is 11.5 Å². The lowest BCUT2D eigenvalue weighted by Gasteiger charge is -2.23. The van der Waals surface area contributed by atoms with Crippen molar-refractivity contribution in [1.82, 2.24) is 14.4 Å². The normalized spacial score (nSPS) is 11.4. The van der Waals surface area contributed by atoms with Gasteiger partial charge in [-0.05, 0) is 45.3 Å². The van der Waals surface area contributed by atoms with Crippen molar-refractivity contribution in [3.8, 4) is 0 Å². The molecule has 3 rings (SSSR count). The van der Waals surface area contributed by atoms with Crippen LogP contribution in [0.15, 0.2) is 50.0 Å². The van der Waals surface area contributed by atoms with Gasteiger partial charge in [-0.25, -0.2) is 4.79 Å². The summed E-state index contributed by atoms with van der Waals surface area (Å²) in [5.41, 5.74) is 1.24. The Morgan fingerprint density at radius 1 is 1.07 bits per heavy atom. The van der Waals surface area contributed by atoms with E-state index in [4.69, 9.17) is 8.83 Å². The lowest BCUT2D eigenvalue weighted by Crippen LogP contribution is -2.36. The number of furan rings is 1. The number of benzene rings is 1. The first-order chi connectivity index (χ1) is 12.9. The van der Waals surface area contributed by atoms with Gasteiger partial charge in [0.15, 0.2) is 5.58 Å². The first-order valence-corrected chi connectivity index (χ1v) is 9.00. The van der Waals surface area contributed by atoms with E-state index in [1.807, 2.05) is 56.3 Å². The number of carbonyl (C=O) groups is 1. The number of amides is 1. The summed E-state index contributed by atoms with van der Waals surface area (Å²) in [7, 11) is 3.94. The van der Waals surface area contributed by atoms with Gasteiger partial charge in [0.25, 0.3) is 0 Å². The highest BCUT2D eigenvalue weighted by molar-refractivity contribution is 5.77. The predicted molar refractivity (Wildman–Crippen MR) is 103 cm³/mol. The standard InChI is InChI=1S/C20H25N3O4/c1-15-8-9-16(26-15)14-22(13-12-21(2)3)19(24)10-11-23-17-6-4-5-7-18(17)27-20(23)25/h4-9H,10-14H2,1-3H3. The number of rotatable bonds is 8. The summed E-state index contributed by atoms with van der Waals surface area (Å²) in [6, 6.07) is 11.0. The molecule has 0 aliphatic carbocycles. The van der Waals surface area contributed by atoms with Crippen LogP contribution >= 0.6 is 0 Å². The van der Waals surface area contributed by atoms with E-state index in [1.165, 1.54) is 4.57 Å². The van der Waals surface area contributed by atoms with Gasteiger partial charge in [0.05, 0.1) is 12.1 Å². The number of nitrogens with zero attached hydrogens (tertiary/aromatic N) is 3. The number of likely N-dealkylation sites (N-methyl/N-ethyl adjacent to an activating group) is 1. The first-order valence-electron chi connectivity index (χ1n) is 9.00. The molecule has 7 nitrogen and oxygen atoms in total. The smallest absolute Gasteiger partial charge is 0.419 e. The van der Waals surface area contributed by atoms with E-state index in [1.54, 1.807) is 11.0 Å². The van der Waals surface area contributed by atoms with E-state index in [2.05, 4.69) is 0 Å². The molecular formula is C20H25N3O4. The SMILES string of the molecule is Cc1ccc(CN(CCN(C)C)C(=O)CCn2c(=O)oc3ccccc32)o1.